The number of carbonyl (C=O) groups excluding carboxylic acids is 1. The van der Waals surface area contributed by atoms with E-state index in [4.69, 9.17) is 18.5 Å². The molecule has 0 N–H and O–H groups in total. The minimum atomic E-state index is -4.56. The van der Waals surface area contributed by atoms with Crippen LogP contribution in [0.1, 0.15) is 219 Å². The number of hydrogen-bond donors (Lipinski definition) is 0. The van der Waals surface area contributed by atoms with Crippen LogP contribution < -0.4 is 4.89 Å². The molecular formula is C60H106NO7P. The lowest BCUT2D eigenvalue weighted by molar-refractivity contribution is -0.870. The molecule has 0 aliphatic rings. The van der Waals surface area contributed by atoms with Crippen LogP contribution in [-0.4, -0.2) is 70.7 Å². The summed E-state index contributed by atoms with van der Waals surface area (Å²) in [4.78, 5) is 25.2. The van der Waals surface area contributed by atoms with Gasteiger partial charge in [0.15, 0.2) is 0 Å². The molecule has 0 bridgehead atoms. The summed E-state index contributed by atoms with van der Waals surface area (Å²) < 4.78 is 34.7. The van der Waals surface area contributed by atoms with Crippen LogP contribution in [0.4, 0.5) is 0 Å². The van der Waals surface area contributed by atoms with Crippen molar-refractivity contribution in [1.29, 1.82) is 0 Å². The molecule has 0 fully saturated rings. The summed E-state index contributed by atoms with van der Waals surface area (Å²) in [6, 6.07) is 0. The molecule has 0 aromatic carbocycles. The average molecular weight is 984 g/mol. The summed E-state index contributed by atoms with van der Waals surface area (Å²) in [6.07, 6.45) is 71.7. The molecule has 2 unspecified atom stereocenters. The normalized spacial score (nSPS) is 14.2. The van der Waals surface area contributed by atoms with Crippen molar-refractivity contribution in [3.05, 3.63) is 97.2 Å². The Hall–Kier alpha value is -2.58. The number of ether oxygens (including phenoxy) is 2. The maximum atomic E-state index is 12.8. The topological polar surface area (TPSA) is 94.1 Å². The molecular weight excluding hydrogens is 878 g/mol. The van der Waals surface area contributed by atoms with E-state index in [0.717, 1.165) is 64.2 Å². The zero-order valence-corrected chi connectivity index (χ0v) is 46.1. The van der Waals surface area contributed by atoms with Crippen molar-refractivity contribution in [1.82, 2.24) is 0 Å². The Bertz CT molecular complexity index is 1420. The summed E-state index contributed by atoms with van der Waals surface area (Å²) in [7, 11) is 1.31. The number of hydrogen-bond acceptors (Lipinski definition) is 7. The molecule has 398 valence electrons. The van der Waals surface area contributed by atoms with Crippen LogP contribution in [0.15, 0.2) is 97.2 Å². The van der Waals surface area contributed by atoms with Gasteiger partial charge in [-0.15, -0.1) is 0 Å². The number of likely N-dealkylation sites (N-methyl/N-ethyl adjacent to an activating group) is 1. The molecule has 0 spiro atoms. The first kappa shape index (κ1) is 66.4. The summed E-state index contributed by atoms with van der Waals surface area (Å²) in [5, 5.41) is 0. The zero-order valence-electron chi connectivity index (χ0n) is 45.2. The molecule has 0 saturated heterocycles. The van der Waals surface area contributed by atoms with E-state index in [-0.39, 0.29) is 26.2 Å². The number of unbranched alkanes of at least 4 members (excludes halogenated alkanes) is 21. The second kappa shape index (κ2) is 51.8. The van der Waals surface area contributed by atoms with E-state index in [2.05, 4.69) is 111 Å². The van der Waals surface area contributed by atoms with Gasteiger partial charge in [-0.3, -0.25) is 9.36 Å². The minimum Gasteiger partial charge on any atom is -0.756 e. The van der Waals surface area contributed by atoms with Crippen LogP contribution in [0, 0.1) is 0 Å². The number of carbonyl (C=O) groups is 1. The van der Waals surface area contributed by atoms with Gasteiger partial charge in [0.2, 0.25) is 0 Å². The molecule has 0 heterocycles. The third-order valence-electron chi connectivity index (χ3n) is 11.6. The quantitative estimate of drug-likeness (QED) is 0.0197. The van der Waals surface area contributed by atoms with E-state index in [1.807, 2.05) is 21.1 Å². The van der Waals surface area contributed by atoms with Crippen LogP contribution in [0.3, 0.4) is 0 Å². The molecule has 0 rings (SSSR count). The molecule has 69 heavy (non-hydrogen) atoms. The SMILES string of the molecule is CC/C=C\C/C=C\C/C=C\C/C=C\C/C=C\C/C=C\C/C=C\CCCC(=O)OC(COCCCCCCCCCCCCCC/C=C\CCCCCCCCCC)COP(=O)([O-])OCC[N+](C)(C)C. The Balaban J connectivity index is 4.21. The second-order valence-corrected chi connectivity index (χ2v) is 21.0. The number of rotatable bonds is 51. The molecule has 0 radical (unpaired) electrons. The van der Waals surface area contributed by atoms with Gasteiger partial charge in [0.1, 0.15) is 19.3 Å². The van der Waals surface area contributed by atoms with Crippen LogP contribution in [0.2, 0.25) is 0 Å². The van der Waals surface area contributed by atoms with E-state index in [0.29, 0.717) is 24.1 Å². The highest BCUT2D eigenvalue weighted by Gasteiger charge is 2.20. The number of nitrogens with zero attached hydrogens (tertiary/aromatic N) is 1. The Morgan fingerprint density at radius 1 is 0.464 bits per heavy atom. The fourth-order valence-corrected chi connectivity index (χ4v) is 8.08. The van der Waals surface area contributed by atoms with E-state index < -0.39 is 19.9 Å². The summed E-state index contributed by atoms with van der Waals surface area (Å²) >= 11 is 0. The molecule has 0 aliphatic carbocycles. The van der Waals surface area contributed by atoms with Gasteiger partial charge in [0, 0.05) is 13.0 Å². The van der Waals surface area contributed by atoms with Gasteiger partial charge in [0.05, 0.1) is 34.4 Å². The van der Waals surface area contributed by atoms with Crippen molar-refractivity contribution in [3.8, 4) is 0 Å². The largest absolute Gasteiger partial charge is 0.756 e. The first-order chi connectivity index (χ1) is 33.6. The number of quaternary nitrogens is 1. The van der Waals surface area contributed by atoms with E-state index >= 15 is 0 Å². The third-order valence-corrected chi connectivity index (χ3v) is 12.6. The lowest BCUT2D eigenvalue weighted by atomic mass is 10.0. The number of phosphoric acid groups is 1. The van der Waals surface area contributed by atoms with Gasteiger partial charge in [-0.1, -0.05) is 220 Å². The van der Waals surface area contributed by atoms with Gasteiger partial charge < -0.3 is 27.9 Å². The smallest absolute Gasteiger partial charge is 0.306 e. The fourth-order valence-electron chi connectivity index (χ4n) is 7.35. The van der Waals surface area contributed by atoms with Gasteiger partial charge in [-0.2, -0.15) is 0 Å². The van der Waals surface area contributed by atoms with Crippen LogP contribution in [0.25, 0.3) is 0 Å². The molecule has 2 atom stereocenters. The Morgan fingerprint density at radius 2 is 0.841 bits per heavy atom. The third kappa shape index (κ3) is 56.2. The highest BCUT2D eigenvalue weighted by atomic mass is 31.2. The predicted octanol–water partition coefficient (Wildman–Crippen LogP) is 17.1. The summed E-state index contributed by atoms with van der Waals surface area (Å²) in [5.74, 6) is -0.392. The minimum absolute atomic E-state index is 0.0105. The standard InChI is InChI=1S/C60H106NO7P/c1-6-8-10-12-14-16-18-20-22-24-26-28-30-32-34-36-38-40-42-44-46-48-50-52-55-65-57-59(58-67-69(63,64)66-56-54-61(3,4)5)68-60(62)53-51-49-47-45-43-41-39-37-35-33-31-29-27-25-23-21-19-17-15-13-11-9-7-2/h9,11,15,17,21,23-24,26-27,29,33,35,39,41,45,47,59H,6-8,10,12-14,16,18-20,22,25,28,30-32,34,36-38,40,42-44,46,48-58H2,1-5H3/b11-9-,17-15-,23-21-,26-24-,29-27-,35-33-,41-39-,47-45-. The predicted molar refractivity (Wildman–Crippen MR) is 295 cm³/mol. The van der Waals surface area contributed by atoms with Gasteiger partial charge in [0.25, 0.3) is 7.82 Å². The maximum Gasteiger partial charge on any atom is 0.306 e. The van der Waals surface area contributed by atoms with Crippen molar-refractivity contribution < 1.29 is 37.3 Å². The number of phosphoric ester groups is 1. The van der Waals surface area contributed by atoms with Gasteiger partial charge in [-0.05, 0) is 89.9 Å². The lowest BCUT2D eigenvalue weighted by Gasteiger charge is -2.28. The second-order valence-electron chi connectivity index (χ2n) is 19.6. The van der Waals surface area contributed by atoms with Crippen LogP contribution in [0.5, 0.6) is 0 Å². The van der Waals surface area contributed by atoms with Crippen molar-refractivity contribution >= 4 is 13.8 Å². The van der Waals surface area contributed by atoms with Crippen LogP contribution in [-0.2, 0) is 27.9 Å². The molecule has 0 aromatic heterocycles. The number of allylic oxidation sites excluding steroid dienone is 16. The molecule has 0 saturated carbocycles. The molecule has 9 heteroatoms. The summed E-state index contributed by atoms with van der Waals surface area (Å²) in [6.45, 7) is 5.22. The zero-order chi connectivity index (χ0) is 50.5. The van der Waals surface area contributed by atoms with Crippen molar-refractivity contribution in [2.45, 2.75) is 225 Å². The highest BCUT2D eigenvalue weighted by molar-refractivity contribution is 7.45. The van der Waals surface area contributed by atoms with Crippen molar-refractivity contribution in [2.24, 2.45) is 0 Å². The average Bonchev–Trinajstić information content (AvgIpc) is 3.31. The summed E-state index contributed by atoms with van der Waals surface area (Å²) in [5.41, 5.74) is 0. The Morgan fingerprint density at radius 3 is 1.28 bits per heavy atom. The Labute approximate surface area is 426 Å². The van der Waals surface area contributed by atoms with Crippen molar-refractivity contribution in [3.63, 3.8) is 0 Å². The maximum absolute atomic E-state index is 12.8. The van der Waals surface area contributed by atoms with E-state index in [9.17, 15) is 14.3 Å². The molecule has 0 aromatic rings. The first-order valence-corrected chi connectivity index (χ1v) is 29.4. The molecule has 0 aliphatic heterocycles. The molecule has 8 nitrogen and oxygen atoms in total. The number of esters is 1. The van der Waals surface area contributed by atoms with Gasteiger partial charge >= 0.3 is 5.97 Å². The monoisotopic (exact) mass is 984 g/mol. The molecule has 0 amide bonds. The van der Waals surface area contributed by atoms with Crippen molar-refractivity contribution in [2.75, 3.05) is 54.1 Å². The van der Waals surface area contributed by atoms with Gasteiger partial charge in [-0.25, -0.2) is 0 Å². The first-order valence-electron chi connectivity index (χ1n) is 28.0. The highest BCUT2D eigenvalue weighted by Crippen LogP contribution is 2.38. The van der Waals surface area contributed by atoms with E-state index in [1.54, 1.807) is 0 Å². The van der Waals surface area contributed by atoms with Crippen LogP contribution >= 0.6 is 7.82 Å². The lowest BCUT2D eigenvalue weighted by Crippen LogP contribution is -2.37. The fraction of sp³-hybridized carbons (Fsp3) is 0.717. The Kier molecular flexibility index (Phi) is 49.8. The van der Waals surface area contributed by atoms with E-state index in [1.165, 1.54) is 128 Å².